The first-order chi connectivity index (χ1) is 6.65. The highest BCUT2D eigenvalue weighted by atomic mass is 16.4. The number of anilines is 1. The molecule has 0 aromatic carbocycles. The van der Waals surface area contributed by atoms with Crippen molar-refractivity contribution in [3.63, 3.8) is 0 Å². The lowest BCUT2D eigenvalue weighted by atomic mass is 10.2. The fraction of sp³-hybridized carbons (Fsp3) is 0.200. The number of aromatic nitrogens is 1. The highest BCUT2D eigenvalue weighted by Crippen LogP contribution is 2.13. The van der Waals surface area contributed by atoms with Gasteiger partial charge in [0.15, 0.2) is 0 Å². The average molecular weight is 190 g/mol. The van der Waals surface area contributed by atoms with Gasteiger partial charge in [-0.05, 0) is 13.0 Å². The summed E-state index contributed by atoms with van der Waals surface area (Å²) < 4.78 is 0. The molecule has 2 N–H and O–H groups in total. The zero-order valence-corrected chi connectivity index (χ0v) is 7.69. The van der Waals surface area contributed by atoms with E-state index in [9.17, 15) is 4.79 Å². The van der Waals surface area contributed by atoms with Crippen molar-refractivity contribution in [1.82, 2.24) is 4.98 Å². The first-order valence-electron chi connectivity index (χ1n) is 4.05. The molecular formula is C10H10N2O2. The predicted molar refractivity (Wildman–Crippen MR) is 53.1 cm³/mol. The van der Waals surface area contributed by atoms with E-state index in [1.807, 2.05) is 0 Å². The maximum Gasteiger partial charge on any atom is 0.337 e. The van der Waals surface area contributed by atoms with Gasteiger partial charge in [-0.3, -0.25) is 4.98 Å². The first-order valence-corrected chi connectivity index (χ1v) is 4.05. The average Bonchev–Trinajstić information content (AvgIpc) is 2.18. The zero-order chi connectivity index (χ0) is 10.6. The van der Waals surface area contributed by atoms with Crippen LogP contribution >= 0.6 is 0 Å². The van der Waals surface area contributed by atoms with Gasteiger partial charge in [-0.15, -0.1) is 6.42 Å². The molecule has 1 atom stereocenters. The summed E-state index contributed by atoms with van der Waals surface area (Å²) >= 11 is 0. The van der Waals surface area contributed by atoms with Gasteiger partial charge in [0.05, 0.1) is 23.5 Å². The van der Waals surface area contributed by atoms with Gasteiger partial charge in [-0.1, -0.05) is 5.92 Å². The number of carboxylic acid groups (broad SMARTS) is 1. The van der Waals surface area contributed by atoms with E-state index in [-0.39, 0.29) is 11.6 Å². The number of nitrogens with zero attached hydrogens (tertiary/aromatic N) is 1. The molecule has 0 bridgehead atoms. The Balaban J connectivity index is 2.97. The minimum Gasteiger partial charge on any atom is -0.478 e. The number of terminal acetylenes is 1. The van der Waals surface area contributed by atoms with Crippen LogP contribution in [0.5, 0.6) is 0 Å². The molecule has 0 fully saturated rings. The van der Waals surface area contributed by atoms with Gasteiger partial charge in [0.2, 0.25) is 0 Å². The van der Waals surface area contributed by atoms with Crippen molar-refractivity contribution in [2.75, 3.05) is 5.32 Å². The van der Waals surface area contributed by atoms with Crippen LogP contribution in [0, 0.1) is 12.3 Å². The van der Waals surface area contributed by atoms with Crippen LogP contribution in [-0.2, 0) is 0 Å². The van der Waals surface area contributed by atoms with Crippen LogP contribution in [0.3, 0.4) is 0 Å². The van der Waals surface area contributed by atoms with Crippen LogP contribution in [0.1, 0.15) is 17.3 Å². The van der Waals surface area contributed by atoms with Crippen LogP contribution < -0.4 is 5.32 Å². The van der Waals surface area contributed by atoms with Crippen LogP contribution in [0.15, 0.2) is 18.5 Å². The second-order valence-electron chi connectivity index (χ2n) is 2.76. The molecule has 1 rings (SSSR count). The molecule has 0 spiro atoms. The van der Waals surface area contributed by atoms with Crippen LogP contribution in [-0.4, -0.2) is 22.1 Å². The molecule has 1 heterocycles. The van der Waals surface area contributed by atoms with Crippen LogP contribution in [0.25, 0.3) is 0 Å². The maximum absolute atomic E-state index is 10.8. The number of rotatable bonds is 3. The molecule has 0 radical (unpaired) electrons. The van der Waals surface area contributed by atoms with E-state index in [1.165, 1.54) is 18.5 Å². The molecule has 0 aliphatic carbocycles. The second kappa shape index (κ2) is 4.28. The van der Waals surface area contributed by atoms with E-state index in [4.69, 9.17) is 11.5 Å². The summed E-state index contributed by atoms with van der Waals surface area (Å²) in [6.07, 6.45) is 8.03. The summed E-state index contributed by atoms with van der Waals surface area (Å²) in [5, 5.41) is 11.7. The Bertz CT molecular complexity index is 382. The normalized spacial score (nSPS) is 11.4. The van der Waals surface area contributed by atoms with Gasteiger partial charge in [-0.25, -0.2) is 4.79 Å². The van der Waals surface area contributed by atoms with E-state index >= 15 is 0 Å². The zero-order valence-electron chi connectivity index (χ0n) is 7.69. The molecule has 0 aliphatic heterocycles. The van der Waals surface area contributed by atoms with E-state index in [0.717, 1.165) is 0 Å². The lowest BCUT2D eigenvalue weighted by Crippen LogP contribution is -2.15. The molecule has 0 saturated heterocycles. The minimum atomic E-state index is -1.00. The van der Waals surface area contributed by atoms with Gasteiger partial charge in [0.1, 0.15) is 0 Å². The number of pyridine rings is 1. The van der Waals surface area contributed by atoms with Crippen molar-refractivity contribution in [1.29, 1.82) is 0 Å². The van der Waals surface area contributed by atoms with E-state index in [2.05, 4.69) is 16.2 Å². The molecule has 72 valence electrons. The Morgan fingerprint density at radius 1 is 1.79 bits per heavy atom. The van der Waals surface area contributed by atoms with Crippen LogP contribution in [0.4, 0.5) is 5.69 Å². The van der Waals surface area contributed by atoms with Gasteiger partial charge >= 0.3 is 5.97 Å². The highest BCUT2D eigenvalue weighted by Gasteiger charge is 2.10. The Hall–Kier alpha value is -2.02. The largest absolute Gasteiger partial charge is 0.478 e. The Kier molecular flexibility index (Phi) is 3.08. The lowest BCUT2D eigenvalue weighted by Gasteiger charge is -2.10. The topological polar surface area (TPSA) is 62.2 Å². The maximum atomic E-state index is 10.8. The highest BCUT2D eigenvalue weighted by molar-refractivity contribution is 5.93. The summed E-state index contributed by atoms with van der Waals surface area (Å²) in [6.45, 7) is 1.76. The van der Waals surface area contributed by atoms with E-state index in [1.54, 1.807) is 6.92 Å². The molecule has 0 saturated carbocycles. The van der Waals surface area contributed by atoms with Gasteiger partial charge in [0.25, 0.3) is 0 Å². The molecule has 1 unspecified atom stereocenters. The Labute approximate surface area is 82.0 Å². The molecule has 1 aromatic rings. The Morgan fingerprint density at radius 2 is 2.50 bits per heavy atom. The van der Waals surface area contributed by atoms with Crippen molar-refractivity contribution >= 4 is 11.7 Å². The van der Waals surface area contributed by atoms with Crippen molar-refractivity contribution in [2.24, 2.45) is 0 Å². The molecule has 4 heteroatoms. The number of nitrogens with one attached hydrogen (secondary N) is 1. The van der Waals surface area contributed by atoms with Crippen LogP contribution in [0.2, 0.25) is 0 Å². The fourth-order valence-corrected chi connectivity index (χ4v) is 0.971. The van der Waals surface area contributed by atoms with Gasteiger partial charge in [-0.2, -0.15) is 0 Å². The minimum absolute atomic E-state index is 0.169. The number of carboxylic acids is 1. The van der Waals surface area contributed by atoms with Crippen molar-refractivity contribution < 1.29 is 9.90 Å². The Morgan fingerprint density at radius 3 is 3.07 bits per heavy atom. The van der Waals surface area contributed by atoms with Gasteiger partial charge in [0, 0.05) is 6.20 Å². The van der Waals surface area contributed by atoms with Crippen molar-refractivity contribution in [2.45, 2.75) is 13.0 Å². The number of carbonyl (C=O) groups is 1. The molecule has 1 aromatic heterocycles. The third-order valence-corrected chi connectivity index (χ3v) is 1.67. The van der Waals surface area contributed by atoms with Crippen molar-refractivity contribution in [3.05, 3.63) is 24.0 Å². The van der Waals surface area contributed by atoms with Crippen molar-refractivity contribution in [3.8, 4) is 12.3 Å². The summed E-state index contributed by atoms with van der Waals surface area (Å²) in [6, 6.07) is 1.20. The molecule has 14 heavy (non-hydrogen) atoms. The molecular weight excluding hydrogens is 180 g/mol. The number of aromatic carboxylic acids is 1. The fourth-order valence-electron chi connectivity index (χ4n) is 0.971. The predicted octanol–water partition coefficient (Wildman–Crippen LogP) is 1.21. The SMILES string of the molecule is C#CC(C)Nc1cnccc1C(=O)O. The number of hydrogen-bond acceptors (Lipinski definition) is 3. The second-order valence-corrected chi connectivity index (χ2v) is 2.76. The standard InChI is InChI=1S/C10H10N2O2/c1-3-7(2)12-9-6-11-5-4-8(9)10(13)14/h1,4-7,12H,2H3,(H,13,14). The lowest BCUT2D eigenvalue weighted by molar-refractivity contribution is 0.0698. The van der Waals surface area contributed by atoms with Gasteiger partial charge < -0.3 is 10.4 Å². The number of hydrogen-bond donors (Lipinski definition) is 2. The summed E-state index contributed by atoms with van der Waals surface area (Å²) in [4.78, 5) is 14.6. The third kappa shape index (κ3) is 2.23. The van der Waals surface area contributed by atoms with E-state index in [0.29, 0.717) is 5.69 Å². The quantitative estimate of drug-likeness (QED) is 0.703. The smallest absolute Gasteiger partial charge is 0.337 e. The van der Waals surface area contributed by atoms with E-state index < -0.39 is 5.97 Å². The first kappa shape index (κ1) is 10.1. The summed E-state index contributed by atoms with van der Waals surface area (Å²) in [7, 11) is 0. The molecule has 0 aliphatic rings. The summed E-state index contributed by atoms with van der Waals surface area (Å²) in [5.41, 5.74) is 0.604. The molecule has 4 nitrogen and oxygen atoms in total. The monoisotopic (exact) mass is 190 g/mol. The molecule has 0 amide bonds. The summed E-state index contributed by atoms with van der Waals surface area (Å²) in [5.74, 6) is 1.45. The third-order valence-electron chi connectivity index (χ3n) is 1.67.